The molecule has 2 fully saturated rings. The first kappa shape index (κ1) is 19.9. The van der Waals surface area contributed by atoms with E-state index in [1.54, 1.807) is 6.20 Å². The van der Waals surface area contributed by atoms with Gasteiger partial charge in [0.15, 0.2) is 0 Å². The zero-order valence-electron chi connectivity index (χ0n) is 14.6. The first-order chi connectivity index (χ1) is 12.5. The number of carbonyl (C=O) groups is 3. The van der Waals surface area contributed by atoms with Gasteiger partial charge in [0.1, 0.15) is 12.1 Å². The minimum atomic E-state index is -1.02. The third kappa shape index (κ3) is 6.14. The van der Waals surface area contributed by atoms with E-state index in [1.807, 2.05) is 0 Å². The van der Waals surface area contributed by atoms with E-state index in [0.29, 0.717) is 5.69 Å². The number of carboxylic acids is 2. The number of carbonyl (C=O) groups excluding carboxylic acids is 1. The standard InChI is InChI=1S/C12H17N3O3.C5H9NO2/c16-11(8-3-1-2-4-8)15-10(12(17)18)5-9-6-13-7-14-9;7-5(8)4-2-1-3-6-4/h6-8,10H,1-5H2,(H,13,14)(H,15,16)(H,17,18);4,6H,1-3H2,(H,7,8)/t10-;4-/m00/s1. The van der Waals surface area contributed by atoms with Crippen LogP contribution >= 0.6 is 0 Å². The molecular formula is C17H26N4O5. The molecule has 1 aliphatic heterocycles. The summed E-state index contributed by atoms with van der Waals surface area (Å²) in [4.78, 5) is 39.8. The number of nitrogens with zero attached hydrogens (tertiary/aromatic N) is 1. The van der Waals surface area contributed by atoms with Gasteiger partial charge in [-0.15, -0.1) is 0 Å². The van der Waals surface area contributed by atoms with Crippen LogP contribution in [-0.2, 0) is 20.8 Å². The summed E-state index contributed by atoms with van der Waals surface area (Å²) < 4.78 is 0. The van der Waals surface area contributed by atoms with Crippen LogP contribution in [0.2, 0.25) is 0 Å². The quantitative estimate of drug-likeness (QED) is 0.494. The molecule has 0 bridgehead atoms. The van der Waals surface area contributed by atoms with Crippen LogP contribution in [0, 0.1) is 5.92 Å². The van der Waals surface area contributed by atoms with Gasteiger partial charge in [-0.1, -0.05) is 12.8 Å². The Hall–Kier alpha value is -2.42. The van der Waals surface area contributed by atoms with Crippen molar-refractivity contribution in [1.29, 1.82) is 0 Å². The number of aromatic amines is 1. The lowest BCUT2D eigenvalue weighted by atomic mass is 10.1. The number of carboxylic acid groups (broad SMARTS) is 2. The van der Waals surface area contributed by atoms with Crippen LogP contribution < -0.4 is 10.6 Å². The number of H-pyrrole nitrogens is 1. The van der Waals surface area contributed by atoms with Gasteiger partial charge in [0.05, 0.1) is 6.33 Å². The minimum absolute atomic E-state index is 0.0198. The molecule has 3 rings (SSSR count). The first-order valence-electron chi connectivity index (χ1n) is 8.94. The lowest BCUT2D eigenvalue weighted by Gasteiger charge is -2.16. The number of rotatable bonds is 6. The molecule has 2 heterocycles. The van der Waals surface area contributed by atoms with Crippen molar-refractivity contribution < 1.29 is 24.6 Å². The van der Waals surface area contributed by atoms with E-state index in [2.05, 4.69) is 20.6 Å². The van der Waals surface area contributed by atoms with E-state index >= 15 is 0 Å². The topological polar surface area (TPSA) is 144 Å². The second kappa shape index (κ2) is 9.91. The zero-order chi connectivity index (χ0) is 18.9. The van der Waals surface area contributed by atoms with E-state index < -0.39 is 18.0 Å². The van der Waals surface area contributed by atoms with Gasteiger partial charge in [-0.25, -0.2) is 9.78 Å². The van der Waals surface area contributed by atoms with Crippen LogP contribution in [-0.4, -0.2) is 56.7 Å². The summed E-state index contributed by atoms with van der Waals surface area (Å²) >= 11 is 0. The van der Waals surface area contributed by atoms with Crippen molar-refractivity contribution in [3.63, 3.8) is 0 Å². The molecule has 144 valence electrons. The Morgan fingerprint density at radius 1 is 1.19 bits per heavy atom. The Morgan fingerprint density at radius 3 is 2.38 bits per heavy atom. The zero-order valence-corrected chi connectivity index (χ0v) is 14.6. The molecule has 1 aliphatic carbocycles. The molecule has 5 N–H and O–H groups in total. The summed E-state index contributed by atoms with van der Waals surface area (Å²) in [5.74, 6) is -1.90. The van der Waals surface area contributed by atoms with Crippen molar-refractivity contribution in [2.45, 2.75) is 57.0 Å². The molecule has 9 nitrogen and oxygen atoms in total. The third-order valence-electron chi connectivity index (χ3n) is 4.68. The molecule has 0 unspecified atom stereocenters. The van der Waals surface area contributed by atoms with Crippen molar-refractivity contribution in [3.05, 3.63) is 18.2 Å². The molecule has 1 amide bonds. The van der Waals surface area contributed by atoms with Crippen LogP contribution in [0.15, 0.2) is 12.5 Å². The summed E-state index contributed by atoms with van der Waals surface area (Å²) in [5, 5.41) is 22.9. The second-order valence-corrected chi connectivity index (χ2v) is 6.65. The predicted octanol–water partition coefficient (Wildman–Crippen LogP) is 0.535. The van der Waals surface area contributed by atoms with Crippen molar-refractivity contribution in [2.75, 3.05) is 6.54 Å². The van der Waals surface area contributed by atoms with E-state index in [0.717, 1.165) is 45.1 Å². The number of aliphatic carboxylic acids is 2. The Balaban J connectivity index is 0.000000254. The Labute approximate surface area is 151 Å². The second-order valence-electron chi connectivity index (χ2n) is 6.65. The van der Waals surface area contributed by atoms with Crippen LogP contribution in [0.1, 0.15) is 44.2 Å². The summed E-state index contributed by atoms with van der Waals surface area (Å²) in [6.45, 7) is 0.858. The number of nitrogens with one attached hydrogen (secondary N) is 3. The van der Waals surface area contributed by atoms with E-state index in [1.165, 1.54) is 6.33 Å². The van der Waals surface area contributed by atoms with Crippen LogP contribution in [0.4, 0.5) is 0 Å². The molecule has 1 aromatic heterocycles. The Kier molecular flexibility index (Phi) is 7.58. The molecule has 0 spiro atoms. The fraction of sp³-hybridized carbons (Fsp3) is 0.647. The minimum Gasteiger partial charge on any atom is -0.480 e. The molecule has 2 atom stereocenters. The van der Waals surface area contributed by atoms with Crippen molar-refractivity contribution >= 4 is 17.8 Å². The molecule has 26 heavy (non-hydrogen) atoms. The molecule has 0 radical (unpaired) electrons. The molecule has 1 saturated carbocycles. The lowest BCUT2D eigenvalue weighted by molar-refractivity contribution is -0.142. The molecule has 1 aromatic rings. The van der Waals surface area contributed by atoms with Gasteiger partial charge in [-0.3, -0.25) is 9.59 Å². The monoisotopic (exact) mass is 366 g/mol. The fourth-order valence-corrected chi connectivity index (χ4v) is 3.19. The highest BCUT2D eigenvalue weighted by atomic mass is 16.4. The number of amides is 1. The summed E-state index contributed by atoms with van der Waals surface area (Å²) in [6.07, 6.45) is 8.90. The third-order valence-corrected chi connectivity index (χ3v) is 4.68. The average Bonchev–Trinajstić information content (AvgIpc) is 3.35. The number of hydrogen-bond donors (Lipinski definition) is 5. The summed E-state index contributed by atoms with van der Waals surface area (Å²) in [6, 6.07) is -1.16. The highest BCUT2D eigenvalue weighted by Crippen LogP contribution is 2.24. The average molecular weight is 366 g/mol. The maximum Gasteiger partial charge on any atom is 0.326 e. The van der Waals surface area contributed by atoms with Crippen molar-refractivity contribution in [3.8, 4) is 0 Å². The van der Waals surface area contributed by atoms with Crippen LogP contribution in [0.5, 0.6) is 0 Å². The number of aromatic nitrogens is 2. The van der Waals surface area contributed by atoms with E-state index in [-0.39, 0.29) is 24.3 Å². The van der Waals surface area contributed by atoms with Gasteiger partial charge in [0, 0.05) is 24.2 Å². The Morgan fingerprint density at radius 2 is 1.92 bits per heavy atom. The number of hydrogen-bond acceptors (Lipinski definition) is 5. The molecule has 2 aliphatic rings. The fourth-order valence-electron chi connectivity index (χ4n) is 3.19. The van der Waals surface area contributed by atoms with Crippen molar-refractivity contribution in [1.82, 2.24) is 20.6 Å². The van der Waals surface area contributed by atoms with Gasteiger partial charge in [0.25, 0.3) is 0 Å². The van der Waals surface area contributed by atoms with Crippen LogP contribution in [0.3, 0.4) is 0 Å². The predicted molar refractivity (Wildman–Crippen MR) is 92.5 cm³/mol. The normalized spacial score (nSPS) is 20.8. The summed E-state index contributed by atoms with van der Waals surface area (Å²) in [5.41, 5.74) is 0.703. The van der Waals surface area contributed by atoms with Gasteiger partial charge in [-0.05, 0) is 32.2 Å². The maximum atomic E-state index is 11.9. The van der Waals surface area contributed by atoms with Crippen LogP contribution in [0.25, 0.3) is 0 Å². The summed E-state index contributed by atoms with van der Waals surface area (Å²) in [7, 11) is 0. The highest BCUT2D eigenvalue weighted by Gasteiger charge is 2.27. The van der Waals surface area contributed by atoms with Gasteiger partial charge >= 0.3 is 11.9 Å². The smallest absolute Gasteiger partial charge is 0.326 e. The van der Waals surface area contributed by atoms with Gasteiger partial charge in [0.2, 0.25) is 5.91 Å². The molecule has 9 heteroatoms. The first-order valence-corrected chi connectivity index (χ1v) is 8.94. The van der Waals surface area contributed by atoms with Gasteiger partial charge in [-0.2, -0.15) is 0 Å². The SMILES string of the molecule is O=C(N[C@@H](Cc1cnc[nH]1)C(=O)O)C1CCCC1.O=C(O)[C@@H]1CCCN1. The molecular weight excluding hydrogens is 340 g/mol. The number of imidazole rings is 1. The lowest BCUT2D eigenvalue weighted by Crippen LogP contribution is -2.44. The highest BCUT2D eigenvalue weighted by molar-refractivity contribution is 5.85. The van der Waals surface area contributed by atoms with E-state index in [4.69, 9.17) is 10.2 Å². The van der Waals surface area contributed by atoms with E-state index in [9.17, 15) is 14.4 Å². The Bertz CT molecular complexity index is 592. The van der Waals surface area contributed by atoms with Crippen molar-refractivity contribution in [2.24, 2.45) is 5.92 Å². The largest absolute Gasteiger partial charge is 0.480 e. The van der Waals surface area contributed by atoms with Gasteiger partial charge < -0.3 is 25.8 Å². The molecule has 1 saturated heterocycles. The molecule has 0 aromatic carbocycles. The maximum absolute atomic E-state index is 11.9.